The Kier molecular flexibility index (Phi) is 5.59. The Morgan fingerprint density at radius 1 is 1.04 bits per heavy atom. The second kappa shape index (κ2) is 8.08. The summed E-state index contributed by atoms with van der Waals surface area (Å²) < 4.78 is 16.0. The number of carbonyl (C=O) groups is 2. The van der Waals surface area contributed by atoms with Crippen molar-refractivity contribution in [1.29, 1.82) is 0 Å². The summed E-state index contributed by atoms with van der Waals surface area (Å²) in [5, 5.41) is 5.46. The van der Waals surface area contributed by atoms with Crippen molar-refractivity contribution >= 4 is 17.5 Å². The third-order valence-corrected chi connectivity index (χ3v) is 4.66. The number of hydrogen-bond acceptors (Lipinski definition) is 2. The minimum absolute atomic E-state index is 0.139. The summed E-state index contributed by atoms with van der Waals surface area (Å²) in [6.45, 7) is 3.61. The molecule has 3 rings (SSSR count). The molecule has 144 valence electrons. The molecule has 0 bridgehead atoms. The van der Waals surface area contributed by atoms with Gasteiger partial charge in [0.15, 0.2) is 0 Å². The van der Waals surface area contributed by atoms with Crippen LogP contribution in [0.5, 0.6) is 0 Å². The molecule has 0 saturated heterocycles. The van der Waals surface area contributed by atoms with Gasteiger partial charge in [-0.2, -0.15) is 0 Å². The summed E-state index contributed by atoms with van der Waals surface area (Å²) in [4.78, 5) is 24.6. The zero-order valence-electron chi connectivity index (χ0n) is 16.0. The molecule has 0 aliphatic rings. The number of carbonyl (C=O) groups excluding carboxylic acids is 2. The van der Waals surface area contributed by atoms with Crippen LogP contribution in [0.1, 0.15) is 27.3 Å². The van der Waals surface area contributed by atoms with E-state index in [9.17, 15) is 14.0 Å². The zero-order chi connectivity index (χ0) is 20.3. The Hall–Kier alpha value is -3.41. The lowest BCUT2D eigenvalue weighted by Crippen LogP contribution is -2.21. The number of nitrogens with zero attached hydrogens (tertiary/aromatic N) is 1. The molecular formula is C22H22FN3O2. The van der Waals surface area contributed by atoms with Crippen LogP contribution in [-0.2, 0) is 11.2 Å². The molecule has 3 aromatic rings. The van der Waals surface area contributed by atoms with Crippen LogP contribution in [0.3, 0.4) is 0 Å². The molecule has 2 amide bonds. The Balaban J connectivity index is 1.92. The van der Waals surface area contributed by atoms with Gasteiger partial charge in [0, 0.05) is 24.1 Å². The molecule has 2 aromatic carbocycles. The fourth-order valence-corrected chi connectivity index (χ4v) is 3.24. The number of nitrogens with one attached hydrogen (secondary N) is 2. The summed E-state index contributed by atoms with van der Waals surface area (Å²) >= 11 is 0. The van der Waals surface area contributed by atoms with Crippen molar-refractivity contribution in [2.45, 2.75) is 20.3 Å². The normalized spacial score (nSPS) is 10.6. The van der Waals surface area contributed by atoms with Crippen LogP contribution < -0.4 is 10.6 Å². The van der Waals surface area contributed by atoms with Gasteiger partial charge < -0.3 is 15.2 Å². The lowest BCUT2D eigenvalue weighted by molar-refractivity contribution is -0.119. The van der Waals surface area contributed by atoms with Gasteiger partial charge in [-0.05, 0) is 43.7 Å². The first-order chi connectivity index (χ1) is 13.4. The zero-order valence-corrected chi connectivity index (χ0v) is 16.0. The first-order valence-electron chi connectivity index (χ1n) is 8.96. The van der Waals surface area contributed by atoms with Crippen LogP contribution in [0, 0.1) is 19.7 Å². The Bertz CT molecular complexity index is 1040. The number of hydrogen-bond donors (Lipinski definition) is 2. The van der Waals surface area contributed by atoms with E-state index in [1.165, 1.54) is 6.07 Å². The molecule has 28 heavy (non-hydrogen) atoms. The maximum Gasteiger partial charge on any atom is 0.257 e. The molecule has 1 aromatic heterocycles. The lowest BCUT2D eigenvalue weighted by atomic mass is 10.1. The summed E-state index contributed by atoms with van der Waals surface area (Å²) in [5.41, 5.74) is 3.55. The third kappa shape index (κ3) is 3.81. The van der Waals surface area contributed by atoms with Crippen molar-refractivity contribution in [2.24, 2.45) is 0 Å². The van der Waals surface area contributed by atoms with Gasteiger partial charge in [-0.3, -0.25) is 9.59 Å². The summed E-state index contributed by atoms with van der Waals surface area (Å²) in [6, 6.07) is 15.4. The van der Waals surface area contributed by atoms with Crippen molar-refractivity contribution < 1.29 is 14.0 Å². The molecule has 1 heterocycles. The standard InChI is InChI=1S/C22H22FN3O2/c1-14-12-17(15(2)26(14)20-11-7-5-9-18(20)23)22(28)25-19-10-6-4-8-16(19)13-21(27)24-3/h4-12H,13H2,1-3H3,(H,24,27)(H,25,28). The third-order valence-electron chi connectivity index (χ3n) is 4.66. The largest absolute Gasteiger partial charge is 0.359 e. The molecule has 0 radical (unpaired) electrons. The van der Waals surface area contributed by atoms with Gasteiger partial charge in [-0.25, -0.2) is 4.39 Å². The van der Waals surface area contributed by atoms with Gasteiger partial charge in [0.25, 0.3) is 5.91 Å². The highest BCUT2D eigenvalue weighted by molar-refractivity contribution is 6.06. The molecule has 0 aliphatic heterocycles. The van der Waals surface area contributed by atoms with Gasteiger partial charge in [-0.15, -0.1) is 0 Å². The number of likely N-dealkylation sites (N-methyl/N-ethyl adjacent to an activating group) is 1. The number of rotatable bonds is 5. The second-order valence-corrected chi connectivity index (χ2v) is 6.53. The van der Waals surface area contributed by atoms with Crippen LogP contribution in [0.25, 0.3) is 5.69 Å². The van der Waals surface area contributed by atoms with Crippen LogP contribution in [0.2, 0.25) is 0 Å². The van der Waals surface area contributed by atoms with Gasteiger partial charge in [0.1, 0.15) is 5.82 Å². The Labute approximate surface area is 163 Å². The maximum atomic E-state index is 14.2. The van der Waals surface area contributed by atoms with Gasteiger partial charge >= 0.3 is 0 Å². The van der Waals surface area contributed by atoms with E-state index in [0.29, 0.717) is 22.6 Å². The Morgan fingerprint density at radius 3 is 2.43 bits per heavy atom. The predicted octanol–water partition coefficient (Wildman–Crippen LogP) is 3.77. The molecule has 2 N–H and O–H groups in total. The average molecular weight is 379 g/mol. The molecular weight excluding hydrogens is 357 g/mol. The smallest absolute Gasteiger partial charge is 0.257 e. The number of aryl methyl sites for hydroxylation is 1. The minimum Gasteiger partial charge on any atom is -0.359 e. The number of para-hydroxylation sites is 2. The van der Waals surface area contributed by atoms with Crippen LogP contribution in [0.4, 0.5) is 10.1 Å². The summed E-state index contributed by atoms with van der Waals surface area (Å²) in [5.74, 6) is -0.799. The van der Waals surface area contributed by atoms with E-state index >= 15 is 0 Å². The molecule has 0 unspecified atom stereocenters. The quantitative estimate of drug-likeness (QED) is 0.709. The van der Waals surface area contributed by atoms with E-state index < -0.39 is 0 Å². The SMILES string of the molecule is CNC(=O)Cc1ccccc1NC(=O)c1cc(C)n(-c2ccccc2F)c1C. The highest BCUT2D eigenvalue weighted by Crippen LogP contribution is 2.24. The van der Waals surface area contributed by atoms with E-state index in [1.54, 1.807) is 61.0 Å². The molecule has 5 nitrogen and oxygen atoms in total. The molecule has 0 atom stereocenters. The molecule has 0 aliphatic carbocycles. The predicted molar refractivity (Wildman–Crippen MR) is 107 cm³/mol. The van der Waals surface area contributed by atoms with Gasteiger partial charge in [0.2, 0.25) is 5.91 Å². The monoisotopic (exact) mass is 379 g/mol. The second-order valence-electron chi connectivity index (χ2n) is 6.53. The van der Waals surface area contributed by atoms with Crippen LogP contribution in [0.15, 0.2) is 54.6 Å². The minimum atomic E-state index is -0.354. The van der Waals surface area contributed by atoms with Gasteiger partial charge in [-0.1, -0.05) is 30.3 Å². The fraction of sp³-hybridized carbons (Fsp3) is 0.182. The number of benzene rings is 2. The lowest BCUT2D eigenvalue weighted by Gasteiger charge is -2.12. The molecule has 0 spiro atoms. The van der Waals surface area contributed by atoms with Crippen molar-refractivity contribution in [1.82, 2.24) is 9.88 Å². The first kappa shape index (κ1) is 19.4. The van der Waals surface area contributed by atoms with E-state index in [1.807, 2.05) is 13.0 Å². The van der Waals surface area contributed by atoms with Crippen LogP contribution >= 0.6 is 0 Å². The van der Waals surface area contributed by atoms with E-state index in [0.717, 1.165) is 11.3 Å². The Morgan fingerprint density at radius 2 is 1.71 bits per heavy atom. The van der Waals surface area contributed by atoms with Crippen molar-refractivity contribution in [2.75, 3.05) is 12.4 Å². The molecule has 0 fully saturated rings. The first-order valence-corrected chi connectivity index (χ1v) is 8.96. The van der Waals surface area contributed by atoms with Crippen LogP contribution in [-0.4, -0.2) is 23.4 Å². The van der Waals surface area contributed by atoms with Crippen molar-refractivity contribution in [3.63, 3.8) is 0 Å². The summed E-state index contributed by atoms with van der Waals surface area (Å²) in [6.07, 6.45) is 0.168. The van der Waals surface area contributed by atoms with Gasteiger partial charge in [0.05, 0.1) is 17.7 Å². The number of halogens is 1. The van der Waals surface area contributed by atoms with E-state index in [2.05, 4.69) is 10.6 Å². The number of anilines is 1. The van der Waals surface area contributed by atoms with Crippen molar-refractivity contribution in [3.05, 3.63) is 82.9 Å². The molecule has 6 heteroatoms. The summed E-state index contributed by atoms with van der Waals surface area (Å²) in [7, 11) is 1.57. The van der Waals surface area contributed by atoms with Crippen molar-refractivity contribution in [3.8, 4) is 5.69 Å². The topological polar surface area (TPSA) is 63.1 Å². The van der Waals surface area contributed by atoms with E-state index in [-0.39, 0.29) is 24.1 Å². The number of amides is 2. The maximum absolute atomic E-state index is 14.2. The number of aromatic nitrogens is 1. The highest BCUT2D eigenvalue weighted by Gasteiger charge is 2.19. The molecule has 0 saturated carbocycles. The highest BCUT2D eigenvalue weighted by atomic mass is 19.1. The fourth-order valence-electron chi connectivity index (χ4n) is 3.24. The van der Waals surface area contributed by atoms with E-state index in [4.69, 9.17) is 0 Å². The average Bonchev–Trinajstić information content (AvgIpc) is 2.98.